The van der Waals surface area contributed by atoms with Gasteiger partial charge in [-0.25, -0.2) is 18.1 Å². The number of para-hydroxylation sites is 1. The quantitative estimate of drug-likeness (QED) is 0.322. The molecule has 1 saturated carbocycles. The number of amides is 3. The highest BCUT2D eigenvalue weighted by atomic mass is 32.2. The summed E-state index contributed by atoms with van der Waals surface area (Å²) in [4.78, 5) is 60.4. The Morgan fingerprint density at radius 1 is 1.16 bits per heavy atom. The minimum atomic E-state index is -3.76. The molecule has 0 unspecified atom stereocenters. The minimum Gasteiger partial charge on any atom is -0.356 e. The Balaban J connectivity index is 1.43. The average molecular weight is 632 g/mol. The highest BCUT2D eigenvalue weighted by Gasteiger charge is 2.69. The van der Waals surface area contributed by atoms with Crippen molar-refractivity contribution in [1.29, 1.82) is 0 Å². The zero-order valence-electron chi connectivity index (χ0n) is 25.4. The Morgan fingerprint density at radius 3 is 2.47 bits per heavy atom. The van der Waals surface area contributed by atoms with E-state index in [1.807, 2.05) is 24.3 Å². The fourth-order valence-electron chi connectivity index (χ4n) is 6.55. The summed E-state index contributed by atoms with van der Waals surface area (Å²) < 4.78 is 28.9. The summed E-state index contributed by atoms with van der Waals surface area (Å²) in [5.41, 5.74) is 0.486. The number of piperidine rings is 1. The van der Waals surface area contributed by atoms with E-state index in [2.05, 4.69) is 34.2 Å². The Labute approximate surface area is 256 Å². The summed E-state index contributed by atoms with van der Waals surface area (Å²) in [7, 11) is -3.76. The van der Waals surface area contributed by atoms with Crippen LogP contribution in [0.5, 0.6) is 0 Å². The van der Waals surface area contributed by atoms with Crippen LogP contribution >= 0.6 is 11.3 Å². The molecule has 13 heteroatoms. The number of rotatable bonds is 11. The predicted octanol–water partition coefficient (Wildman–Crippen LogP) is 2.33. The van der Waals surface area contributed by atoms with Crippen molar-refractivity contribution < 1.29 is 27.6 Å². The van der Waals surface area contributed by atoms with Crippen LogP contribution in [0.3, 0.4) is 0 Å². The Morgan fingerprint density at radius 2 is 1.86 bits per heavy atom. The lowest BCUT2D eigenvalue weighted by atomic mass is 9.94. The maximum atomic E-state index is 14.1. The summed E-state index contributed by atoms with van der Waals surface area (Å²) in [5.74, 6) is -2.32. The summed E-state index contributed by atoms with van der Waals surface area (Å²) in [6.07, 6.45) is 0.670. The average Bonchev–Trinajstić information content (AvgIpc) is 3.45. The Bertz CT molecular complexity index is 1520. The molecule has 3 fully saturated rings. The number of carbonyl (C=O) groups excluding carboxylic acids is 4. The number of hydrogen-bond donors (Lipinski definition) is 3. The van der Waals surface area contributed by atoms with Gasteiger partial charge in [-0.2, -0.15) is 0 Å². The molecule has 3 amide bonds. The molecule has 1 aromatic carbocycles. The van der Waals surface area contributed by atoms with Gasteiger partial charge in [-0.15, -0.1) is 11.3 Å². The van der Waals surface area contributed by atoms with Gasteiger partial charge >= 0.3 is 0 Å². The SMILES string of the molecule is CC(C)[C@H](NS(=O)(=O)C(C)C)C(=O)N1C[C@H]2[C@@H]([C@H]1C(=O)N[C@@H](C[C@@H]1CCNC1=O)C(=O)c1nc3ccccc3s1)C2(C)C. The highest BCUT2D eigenvalue weighted by molar-refractivity contribution is 7.90. The smallest absolute Gasteiger partial charge is 0.243 e. The standard InChI is InChI=1S/C30H41N5O6S2/c1-15(2)23(34-43(40,41)16(3)4)29(39)35-14-18-22(30(18,5)6)24(35)27(38)32-20(13-17-11-12-31-26(17)37)25(36)28-33-19-9-7-8-10-21(19)42-28/h7-10,15-18,20,22-24,34H,11-14H2,1-6H3,(H,31,37)(H,32,38)/t17-,18-,20-,22-,23-,24-/m0/s1. The lowest BCUT2D eigenvalue weighted by molar-refractivity contribution is -0.142. The number of hydrogen-bond acceptors (Lipinski definition) is 8. The van der Waals surface area contributed by atoms with E-state index >= 15 is 0 Å². The number of Topliss-reactive ketones (excluding diaryl/α,β-unsaturated/α-hetero) is 1. The minimum absolute atomic E-state index is 0.0701. The third-order valence-electron chi connectivity index (χ3n) is 9.43. The molecule has 0 bridgehead atoms. The molecule has 3 aliphatic rings. The second-order valence-corrected chi connectivity index (χ2v) is 16.5. The predicted molar refractivity (Wildman–Crippen MR) is 164 cm³/mol. The van der Waals surface area contributed by atoms with Crippen molar-refractivity contribution in [3.63, 3.8) is 0 Å². The maximum Gasteiger partial charge on any atom is 0.243 e. The molecule has 234 valence electrons. The van der Waals surface area contributed by atoms with Gasteiger partial charge in [-0.1, -0.05) is 39.8 Å². The van der Waals surface area contributed by atoms with E-state index in [9.17, 15) is 27.6 Å². The van der Waals surface area contributed by atoms with E-state index < -0.39 is 51.1 Å². The number of sulfonamides is 1. The third kappa shape index (κ3) is 5.95. The van der Waals surface area contributed by atoms with E-state index in [0.717, 1.165) is 4.70 Å². The molecule has 2 aromatic rings. The molecule has 5 rings (SSSR count). The molecule has 11 nitrogen and oxygen atoms in total. The van der Waals surface area contributed by atoms with E-state index in [1.54, 1.807) is 27.7 Å². The van der Waals surface area contributed by atoms with Crippen molar-refractivity contribution in [3.8, 4) is 0 Å². The van der Waals surface area contributed by atoms with Crippen LogP contribution < -0.4 is 15.4 Å². The van der Waals surface area contributed by atoms with Crippen LogP contribution in [0.4, 0.5) is 0 Å². The van der Waals surface area contributed by atoms with E-state index in [-0.39, 0.29) is 46.3 Å². The largest absolute Gasteiger partial charge is 0.356 e. The van der Waals surface area contributed by atoms with Gasteiger partial charge in [0.2, 0.25) is 33.5 Å². The first-order chi connectivity index (χ1) is 20.1. The van der Waals surface area contributed by atoms with Gasteiger partial charge in [0.15, 0.2) is 5.01 Å². The van der Waals surface area contributed by atoms with Crippen molar-refractivity contribution in [2.24, 2.45) is 29.1 Å². The van der Waals surface area contributed by atoms with Gasteiger partial charge in [0.25, 0.3) is 0 Å². The normalized spacial score (nSPS) is 26.0. The van der Waals surface area contributed by atoms with Crippen molar-refractivity contribution in [3.05, 3.63) is 29.3 Å². The van der Waals surface area contributed by atoms with Crippen molar-refractivity contribution in [2.75, 3.05) is 13.1 Å². The fraction of sp³-hybridized carbons (Fsp3) is 0.633. The number of nitrogens with zero attached hydrogens (tertiary/aromatic N) is 2. The van der Waals surface area contributed by atoms with Crippen LogP contribution in [-0.2, 0) is 24.4 Å². The molecule has 43 heavy (non-hydrogen) atoms. The topological polar surface area (TPSA) is 155 Å². The van der Waals surface area contributed by atoms with Gasteiger partial charge in [0.05, 0.1) is 21.5 Å². The molecule has 3 N–H and O–H groups in total. The highest BCUT2D eigenvalue weighted by Crippen LogP contribution is 2.65. The maximum absolute atomic E-state index is 14.1. The summed E-state index contributed by atoms with van der Waals surface area (Å²) in [5, 5.41) is 5.24. The first-order valence-electron chi connectivity index (χ1n) is 14.9. The Kier molecular flexibility index (Phi) is 8.47. The number of likely N-dealkylation sites (tertiary alicyclic amines) is 1. The lowest BCUT2D eigenvalue weighted by Gasteiger charge is -2.35. The summed E-state index contributed by atoms with van der Waals surface area (Å²) in [6.45, 7) is 11.6. The summed E-state index contributed by atoms with van der Waals surface area (Å²) in [6, 6.07) is 4.46. The molecular weight excluding hydrogens is 590 g/mol. The van der Waals surface area contributed by atoms with Gasteiger partial charge in [0, 0.05) is 19.0 Å². The molecule has 3 heterocycles. The molecule has 2 aliphatic heterocycles. The van der Waals surface area contributed by atoms with Crippen LogP contribution in [-0.4, -0.2) is 78.3 Å². The van der Waals surface area contributed by atoms with Gasteiger partial charge < -0.3 is 15.5 Å². The van der Waals surface area contributed by atoms with E-state index in [0.29, 0.717) is 25.0 Å². The first-order valence-corrected chi connectivity index (χ1v) is 17.3. The van der Waals surface area contributed by atoms with Crippen molar-refractivity contribution >= 4 is 55.1 Å². The van der Waals surface area contributed by atoms with Crippen LogP contribution in [0, 0.1) is 29.1 Å². The van der Waals surface area contributed by atoms with Gasteiger partial charge in [0.1, 0.15) is 12.1 Å². The number of aromatic nitrogens is 1. The molecule has 1 aliphatic carbocycles. The lowest BCUT2D eigenvalue weighted by Crippen LogP contribution is -2.59. The molecule has 0 radical (unpaired) electrons. The number of nitrogens with one attached hydrogen (secondary N) is 3. The van der Waals surface area contributed by atoms with Gasteiger partial charge in [-0.05, 0) is 62.0 Å². The molecule has 6 atom stereocenters. The van der Waals surface area contributed by atoms with Crippen LogP contribution in [0.15, 0.2) is 24.3 Å². The number of ketones is 1. The number of fused-ring (bicyclic) bond motifs is 2. The number of thiazole rings is 1. The molecular formula is C30H41N5O6S2. The second-order valence-electron chi connectivity index (χ2n) is 13.2. The zero-order chi connectivity index (χ0) is 31.4. The second kappa shape index (κ2) is 11.6. The number of carbonyl (C=O) groups is 4. The van der Waals surface area contributed by atoms with Crippen molar-refractivity contribution in [2.45, 2.75) is 77.8 Å². The molecule has 1 aromatic heterocycles. The molecule has 2 saturated heterocycles. The van der Waals surface area contributed by atoms with Gasteiger partial charge in [-0.3, -0.25) is 19.2 Å². The third-order valence-corrected chi connectivity index (χ3v) is 12.3. The van der Waals surface area contributed by atoms with Crippen LogP contribution in [0.1, 0.15) is 64.2 Å². The number of benzene rings is 1. The van der Waals surface area contributed by atoms with Crippen LogP contribution in [0.2, 0.25) is 0 Å². The zero-order valence-corrected chi connectivity index (χ0v) is 27.1. The first kappa shape index (κ1) is 31.5. The fourth-order valence-corrected chi connectivity index (χ4v) is 8.51. The summed E-state index contributed by atoms with van der Waals surface area (Å²) >= 11 is 1.24. The van der Waals surface area contributed by atoms with Crippen LogP contribution in [0.25, 0.3) is 10.2 Å². The molecule has 0 spiro atoms. The van der Waals surface area contributed by atoms with E-state index in [1.165, 1.54) is 16.2 Å². The van der Waals surface area contributed by atoms with Crippen molar-refractivity contribution in [1.82, 2.24) is 25.2 Å². The van der Waals surface area contributed by atoms with E-state index in [4.69, 9.17) is 0 Å². The Hall–Kier alpha value is -2.90. The monoisotopic (exact) mass is 631 g/mol.